The smallest absolute Gasteiger partial charge is 0.317 e. The van der Waals surface area contributed by atoms with Gasteiger partial charge in [0.1, 0.15) is 11.4 Å². The highest BCUT2D eigenvalue weighted by Crippen LogP contribution is 2.46. The molecule has 170 valence electrons. The lowest BCUT2D eigenvalue weighted by Gasteiger charge is -2.47. The molecule has 0 aromatic heterocycles. The van der Waals surface area contributed by atoms with Crippen LogP contribution in [-0.4, -0.2) is 48.1 Å². The number of nitrogens with zero attached hydrogens (tertiary/aromatic N) is 1. The van der Waals surface area contributed by atoms with E-state index in [1.807, 2.05) is 23.1 Å². The summed E-state index contributed by atoms with van der Waals surface area (Å²) in [7, 11) is 0. The molecule has 1 saturated heterocycles. The van der Waals surface area contributed by atoms with Gasteiger partial charge in [-0.2, -0.15) is 0 Å². The number of hydrogen-bond donors (Lipinski definition) is 2. The van der Waals surface area contributed by atoms with Gasteiger partial charge in [-0.1, -0.05) is 44.9 Å². The first kappa shape index (κ1) is 22.0. The van der Waals surface area contributed by atoms with Gasteiger partial charge in [0, 0.05) is 50.9 Å². The second-order valence-corrected chi connectivity index (χ2v) is 10.0. The molecule has 2 aliphatic heterocycles. The van der Waals surface area contributed by atoms with Gasteiger partial charge < -0.3 is 20.3 Å². The Hall–Kier alpha value is -2.24. The number of amides is 3. The summed E-state index contributed by atoms with van der Waals surface area (Å²) in [5.41, 5.74) is 0.843. The van der Waals surface area contributed by atoms with Gasteiger partial charge in [0.2, 0.25) is 5.91 Å². The maximum absolute atomic E-state index is 12.7. The molecule has 1 aromatic carbocycles. The van der Waals surface area contributed by atoms with Crippen molar-refractivity contribution in [2.24, 2.45) is 5.92 Å². The summed E-state index contributed by atoms with van der Waals surface area (Å²) < 4.78 is 6.54. The Morgan fingerprint density at radius 1 is 1.16 bits per heavy atom. The molecule has 3 amide bonds. The van der Waals surface area contributed by atoms with Crippen molar-refractivity contribution >= 4 is 11.9 Å². The number of benzene rings is 1. The van der Waals surface area contributed by atoms with Crippen LogP contribution >= 0.6 is 0 Å². The maximum Gasteiger partial charge on any atom is 0.317 e. The van der Waals surface area contributed by atoms with Gasteiger partial charge >= 0.3 is 6.03 Å². The summed E-state index contributed by atoms with van der Waals surface area (Å²) in [4.78, 5) is 27.2. The molecule has 4 rings (SSSR count). The number of urea groups is 1. The highest BCUT2D eigenvalue weighted by Gasteiger charge is 2.44. The molecule has 31 heavy (non-hydrogen) atoms. The fourth-order valence-electron chi connectivity index (χ4n) is 5.30. The predicted octanol–water partition coefficient (Wildman–Crippen LogP) is 4.20. The Kier molecular flexibility index (Phi) is 6.73. The van der Waals surface area contributed by atoms with Gasteiger partial charge in [-0.3, -0.25) is 4.79 Å². The second kappa shape index (κ2) is 9.49. The molecule has 1 aromatic rings. The molecule has 1 aliphatic carbocycles. The molecule has 2 N–H and O–H groups in total. The number of fused-ring (bicyclic) bond motifs is 1. The number of likely N-dealkylation sites (tertiary alicyclic amines) is 1. The maximum atomic E-state index is 12.7. The van der Waals surface area contributed by atoms with Crippen LogP contribution in [0, 0.1) is 5.92 Å². The van der Waals surface area contributed by atoms with Crippen LogP contribution in [-0.2, 0) is 4.79 Å². The number of carbonyl (C=O) groups is 2. The van der Waals surface area contributed by atoms with Gasteiger partial charge in [-0.25, -0.2) is 4.79 Å². The first-order valence-electron chi connectivity index (χ1n) is 12.0. The van der Waals surface area contributed by atoms with Crippen molar-refractivity contribution in [3.63, 3.8) is 0 Å². The molecule has 1 saturated carbocycles. The van der Waals surface area contributed by atoms with Gasteiger partial charge in [0.05, 0.1) is 0 Å². The van der Waals surface area contributed by atoms with E-state index >= 15 is 0 Å². The predicted molar refractivity (Wildman–Crippen MR) is 121 cm³/mol. The number of hydrogen-bond acceptors (Lipinski definition) is 3. The Bertz CT molecular complexity index is 780. The number of piperidine rings is 1. The minimum atomic E-state index is -0.290. The van der Waals surface area contributed by atoms with Gasteiger partial charge in [-0.05, 0) is 36.8 Å². The first-order chi connectivity index (χ1) is 14.9. The van der Waals surface area contributed by atoms with Crippen LogP contribution < -0.4 is 15.4 Å². The molecule has 2 fully saturated rings. The van der Waals surface area contributed by atoms with Crippen molar-refractivity contribution in [3.05, 3.63) is 29.8 Å². The number of carbonyl (C=O) groups excluding carboxylic acids is 2. The fourth-order valence-corrected chi connectivity index (χ4v) is 5.30. The van der Waals surface area contributed by atoms with E-state index in [2.05, 4.69) is 30.5 Å². The first-order valence-corrected chi connectivity index (χ1v) is 12.0. The van der Waals surface area contributed by atoms with Crippen LogP contribution in [0.2, 0.25) is 0 Å². The van der Waals surface area contributed by atoms with Gasteiger partial charge in [0.15, 0.2) is 0 Å². The largest absolute Gasteiger partial charge is 0.487 e. The number of ether oxygens (including phenoxy) is 1. The fraction of sp³-hybridized carbons (Fsp3) is 0.680. The SMILES string of the molecule is CC(C)CNC(=O)C[C@H]1CC2(CCN(C(=O)NC3CCCC3)CC2)Oc2ccccc21. The average Bonchev–Trinajstić information content (AvgIpc) is 3.26. The molecule has 2 heterocycles. The molecule has 3 aliphatic rings. The highest BCUT2D eigenvalue weighted by molar-refractivity contribution is 5.77. The van der Waals surface area contributed by atoms with Gasteiger partial charge in [0.25, 0.3) is 0 Å². The van der Waals surface area contributed by atoms with Crippen LogP contribution in [0.4, 0.5) is 4.79 Å². The van der Waals surface area contributed by atoms with E-state index < -0.39 is 0 Å². The lowest BCUT2D eigenvalue weighted by molar-refractivity contribution is -0.122. The van der Waals surface area contributed by atoms with Crippen molar-refractivity contribution in [2.45, 2.75) is 82.8 Å². The quantitative estimate of drug-likeness (QED) is 0.740. The lowest BCUT2D eigenvalue weighted by Crippen LogP contribution is -2.54. The van der Waals surface area contributed by atoms with Crippen LogP contribution in [0.5, 0.6) is 5.75 Å². The van der Waals surface area contributed by atoms with Gasteiger partial charge in [-0.15, -0.1) is 0 Å². The Morgan fingerprint density at radius 3 is 2.58 bits per heavy atom. The van der Waals surface area contributed by atoms with Crippen LogP contribution in [0.3, 0.4) is 0 Å². The van der Waals surface area contributed by atoms with E-state index in [1.165, 1.54) is 12.8 Å². The van der Waals surface area contributed by atoms with Crippen molar-refractivity contribution in [1.29, 1.82) is 0 Å². The zero-order valence-electron chi connectivity index (χ0n) is 19.0. The second-order valence-electron chi connectivity index (χ2n) is 10.0. The molecule has 1 atom stereocenters. The number of para-hydroxylation sites is 1. The minimum absolute atomic E-state index is 0.0718. The lowest BCUT2D eigenvalue weighted by atomic mass is 9.76. The van der Waals surface area contributed by atoms with E-state index in [9.17, 15) is 9.59 Å². The van der Waals surface area contributed by atoms with E-state index in [-0.39, 0.29) is 23.5 Å². The summed E-state index contributed by atoms with van der Waals surface area (Å²) in [5.74, 6) is 1.60. The number of rotatable bonds is 5. The van der Waals surface area contributed by atoms with Crippen molar-refractivity contribution in [3.8, 4) is 5.75 Å². The molecule has 1 spiro atoms. The summed E-state index contributed by atoms with van der Waals surface area (Å²) in [6.45, 7) is 6.32. The van der Waals surface area contributed by atoms with Crippen molar-refractivity contribution in [2.75, 3.05) is 19.6 Å². The van der Waals surface area contributed by atoms with E-state index in [0.717, 1.165) is 43.4 Å². The molecule has 0 unspecified atom stereocenters. The van der Waals surface area contributed by atoms with Crippen LogP contribution in [0.25, 0.3) is 0 Å². The zero-order chi connectivity index (χ0) is 21.8. The molecule has 6 nitrogen and oxygen atoms in total. The zero-order valence-corrected chi connectivity index (χ0v) is 19.0. The van der Waals surface area contributed by atoms with E-state index in [4.69, 9.17) is 4.74 Å². The molecule has 6 heteroatoms. The monoisotopic (exact) mass is 427 g/mol. The summed E-state index contributed by atoms with van der Waals surface area (Å²) >= 11 is 0. The van der Waals surface area contributed by atoms with Crippen LogP contribution in [0.15, 0.2) is 24.3 Å². The van der Waals surface area contributed by atoms with Crippen molar-refractivity contribution in [1.82, 2.24) is 15.5 Å². The minimum Gasteiger partial charge on any atom is -0.487 e. The summed E-state index contributed by atoms with van der Waals surface area (Å²) in [6, 6.07) is 8.55. The molecule has 0 radical (unpaired) electrons. The molecular weight excluding hydrogens is 390 g/mol. The Balaban J connectivity index is 1.40. The normalized spacial score (nSPS) is 22.8. The molecule has 0 bridgehead atoms. The third kappa shape index (κ3) is 5.34. The summed E-state index contributed by atoms with van der Waals surface area (Å²) in [6.07, 6.45) is 7.57. The Morgan fingerprint density at radius 2 is 1.87 bits per heavy atom. The highest BCUT2D eigenvalue weighted by atomic mass is 16.5. The standard InChI is InChI=1S/C25H37N3O3/c1-18(2)17-26-23(29)15-19-16-25(31-22-10-6-5-9-21(19)22)11-13-28(14-12-25)24(30)27-20-7-3-4-8-20/h5-6,9-10,18-20H,3-4,7-8,11-17H2,1-2H3,(H,26,29)(H,27,30)/t19-/m0/s1. The van der Waals surface area contributed by atoms with E-state index in [0.29, 0.717) is 38.0 Å². The topological polar surface area (TPSA) is 70.7 Å². The average molecular weight is 428 g/mol. The third-order valence-corrected chi connectivity index (χ3v) is 7.09. The third-order valence-electron chi connectivity index (χ3n) is 7.09. The number of nitrogens with one attached hydrogen (secondary N) is 2. The molecular formula is C25H37N3O3. The summed E-state index contributed by atoms with van der Waals surface area (Å²) in [5, 5.41) is 6.27. The van der Waals surface area contributed by atoms with Crippen molar-refractivity contribution < 1.29 is 14.3 Å². The van der Waals surface area contributed by atoms with E-state index in [1.54, 1.807) is 0 Å². The Labute approximate surface area is 186 Å². The van der Waals surface area contributed by atoms with Crippen LogP contribution in [0.1, 0.15) is 76.7 Å².